The Morgan fingerprint density at radius 1 is 1.00 bits per heavy atom. The fourth-order valence-corrected chi connectivity index (χ4v) is 3.66. The molecule has 0 atom stereocenters. The molecule has 26 heavy (non-hydrogen) atoms. The molecule has 0 aliphatic carbocycles. The molecule has 0 aliphatic heterocycles. The summed E-state index contributed by atoms with van der Waals surface area (Å²) in [6.07, 6.45) is 0.682. The average molecular weight is 472 g/mol. The predicted molar refractivity (Wildman–Crippen MR) is 110 cm³/mol. The Morgan fingerprint density at radius 3 is 2.42 bits per heavy atom. The summed E-state index contributed by atoms with van der Waals surface area (Å²) in [5, 5.41) is 1.46. The summed E-state index contributed by atoms with van der Waals surface area (Å²) in [6.45, 7) is 0. The van der Waals surface area contributed by atoms with Crippen LogP contribution in [0.2, 0.25) is 15.1 Å². The number of aromatic nitrogens is 1. The lowest BCUT2D eigenvalue weighted by Gasteiger charge is -2.14. The number of rotatable bonds is 4. The Bertz CT molecular complexity index is 1010. The number of hydrogen-bond donors (Lipinski definition) is 0. The van der Waals surface area contributed by atoms with Crippen LogP contribution in [0.4, 0.5) is 0 Å². The van der Waals surface area contributed by atoms with Crippen LogP contribution in [0.5, 0.6) is 5.88 Å². The van der Waals surface area contributed by atoms with Crippen molar-refractivity contribution in [2.75, 3.05) is 7.11 Å². The summed E-state index contributed by atoms with van der Waals surface area (Å²) >= 11 is 22.8. The Labute approximate surface area is 174 Å². The molecule has 2 aromatic carbocycles. The number of nitrogens with zero attached hydrogens (tertiary/aromatic N) is 1. The summed E-state index contributed by atoms with van der Waals surface area (Å²) in [5.41, 5.74) is 2.92. The van der Waals surface area contributed by atoms with Crippen LogP contribution in [-0.4, -0.2) is 18.4 Å². The maximum Gasteiger partial charge on any atom is 0.224 e. The van der Waals surface area contributed by atoms with Crippen molar-refractivity contribution in [3.05, 3.63) is 67.6 Å². The molecule has 1 heterocycles. The fraction of sp³-hybridized carbons (Fsp3) is 0.0526. The normalized spacial score (nSPS) is 10.7. The van der Waals surface area contributed by atoms with Gasteiger partial charge in [0.05, 0.1) is 28.4 Å². The summed E-state index contributed by atoms with van der Waals surface area (Å²) < 4.78 is 5.93. The number of benzene rings is 2. The van der Waals surface area contributed by atoms with Crippen molar-refractivity contribution in [1.82, 2.24) is 4.98 Å². The molecule has 0 saturated heterocycles. The Hall–Kier alpha value is -1.59. The van der Waals surface area contributed by atoms with Gasteiger partial charge in [-0.15, -0.1) is 0 Å². The molecule has 0 aliphatic rings. The van der Waals surface area contributed by atoms with Crippen molar-refractivity contribution in [2.45, 2.75) is 0 Å². The van der Waals surface area contributed by atoms with Crippen LogP contribution in [0, 0.1) is 0 Å². The third-order valence-electron chi connectivity index (χ3n) is 3.77. The van der Waals surface area contributed by atoms with Crippen molar-refractivity contribution < 1.29 is 9.53 Å². The van der Waals surface area contributed by atoms with Crippen molar-refractivity contribution in [2.24, 2.45) is 0 Å². The summed E-state index contributed by atoms with van der Waals surface area (Å²) in [6, 6.07) is 12.3. The monoisotopic (exact) mass is 469 g/mol. The van der Waals surface area contributed by atoms with Gasteiger partial charge in [0.1, 0.15) is 0 Å². The van der Waals surface area contributed by atoms with Gasteiger partial charge in [0.25, 0.3) is 0 Å². The molecule has 3 nitrogen and oxygen atoms in total. The minimum Gasteiger partial charge on any atom is -0.480 e. The smallest absolute Gasteiger partial charge is 0.224 e. The van der Waals surface area contributed by atoms with Crippen molar-refractivity contribution >= 4 is 57.0 Å². The van der Waals surface area contributed by atoms with Crippen molar-refractivity contribution in [3.8, 4) is 28.3 Å². The molecule has 0 saturated carbocycles. The van der Waals surface area contributed by atoms with E-state index >= 15 is 0 Å². The SMILES string of the molecule is COc1nc(-c2cc(Cl)cc(-c3cccc(Br)c3Cl)c2Cl)ccc1C=O. The number of pyridine rings is 1. The second-order valence-corrected chi connectivity index (χ2v) is 7.38. The molecule has 1 aromatic heterocycles. The van der Waals surface area contributed by atoms with Gasteiger partial charge in [-0.1, -0.05) is 46.9 Å². The highest BCUT2D eigenvalue weighted by Gasteiger charge is 2.17. The highest BCUT2D eigenvalue weighted by molar-refractivity contribution is 9.10. The summed E-state index contributed by atoms with van der Waals surface area (Å²) in [5.74, 6) is 0.218. The minimum atomic E-state index is 0.218. The van der Waals surface area contributed by atoms with E-state index in [1.165, 1.54) is 7.11 Å². The van der Waals surface area contributed by atoms with E-state index in [0.29, 0.717) is 43.7 Å². The van der Waals surface area contributed by atoms with Crippen LogP contribution in [0.25, 0.3) is 22.4 Å². The molecule has 0 amide bonds. The summed E-state index contributed by atoms with van der Waals surface area (Å²) in [7, 11) is 1.45. The van der Waals surface area contributed by atoms with Crippen LogP contribution in [0.3, 0.4) is 0 Å². The summed E-state index contributed by atoms with van der Waals surface area (Å²) in [4.78, 5) is 15.4. The molecule has 132 valence electrons. The van der Waals surface area contributed by atoms with E-state index in [0.717, 1.165) is 10.0 Å². The van der Waals surface area contributed by atoms with Crippen LogP contribution in [0.1, 0.15) is 10.4 Å². The van der Waals surface area contributed by atoms with E-state index in [1.54, 1.807) is 24.3 Å². The van der Waals surface area contributed by atoms with E-state index < -0.39 is 0 Å². The Morgan fingerprint density at radius 2 is 1.73 bits per heavy atom. The highest BCUT2D eigenvalue weighted by atomic mass is 79.9. The van der Waals surface area contributed by atoms with Gasteiger partial charge in [-0.05, 0) is 46.3 Å². The van der Waals surface area contributed by atoms with E-state index in [9.17, 15) is 4.79 Å². The van der Waals surface area contributed by atoms with Gasteiger partial charge in [0.15, 0.2) is 6.29 Å². The zero-order chi connectivity index (χ0) is 18.8. The third kappa shape index (κ3) is 3.60. The molecule has 3 aromatic rings. The second-order valence-electron chi connectivity index (χ2n) is 5.33. The zero-order valence-corrected chi connectivity index (χ0v) is 17.2. The van der Waals surface area contributed by atoms with Gasteiger partial charge in [0, 0.05) is 26.2 Å². The fourth-order valence-electron chi connectivity index (χ4n) is 2.54. The van der Waals surface area contributed by atoms with Gasteiger partial charge >= 0.3 is 0 Å². The Kier molecular flexibility index (Phi) is 5.88. The maximum absolute atomic E-state index is 11.1. The molecule has 0 radical (unpaired) electrons. The topological polar surface area (TPSA) is 39.2 Å². The van der Waals surface area contributed by atoms with E-state index in [2.05, 4.69) is 20.9 Å². The first kappa shape index (κ1) is 19.2. The number of halogens is 4. The largest absolute Gasteiger partial charge is 0.480 e. The first-order valence-electron chi connectivity index (χ1n) is 7.40. The maximum atomic E-state index is 11.1. The molecule has 0 spiro atoms. The second kappa shape index (κ2) is 7.97. The van der Waals surface area contributed by atoms with E-state index in [4.69, 9.17) is 39.5 Å². The molecule has 0 fully saturated rings. The number of carbonyl (C=O) groups excluding carboxylic acids is 1. The zero-order valence-electron chi connectivity index (χ0n) is 13.4. The molecule has 0 bridgehead atoms. The molecule has 0 N–H and O–H groups in total. The van der Waals surface area contributed by atoms with Crippen LogP contribution >= 0.6 is 50.7 Å². The molecular weight excluding hydrogens is 460 g/mol. The standard InChI is InChI=1S/C19H11BrCl3NO2/c1-26-19-10(9-25)5-6-16(24-19)14-8-11(21)7-13(17(14)22)12-3-2-4-15(20)18(12)23/h2-9H,1H3. The lowest BCUT2D eigenvalue weighted by molar-refractivity contribution is 0.112. The number of methoxy groups -OCH3 is 1. The molecular formula is C19H11BrCl3NO2. The lowest BCUT2D eigenvalue weighted by Crippen LogP contribution is -1.96. The van der Waals surface area contributed by atoms with Crippen LogP contribution in [-0.2, 0) is 0 Å². The van der Waals surface area contributed by atoms with E-state index in [-0.39, 0.29) is 5.88 Å². The quantitative estimate of drug-likeness (QED) is 0.386. The lowest BCUT2D eigenvalue weighted by atomic mass is 10.0. The van der Waals surface area contributed by atoms with Gasteiger partial charge < -0.3 is 4.74 Å². The third-order valence-corrected chi connectivity index (χ3v) is 5.69. The number of hydrogen-bond acceptors (Lipinski definition) is 3. The van der Waals surface area contributed by atoms with Crippen LogP contribution in [0.15, 0.2) is 46.9 Å². The predicted octanol–water partition coefficient (Wildman–Crippen LogP) is 6.96. The van der Waals surface area contributed by atoms with Gasteiger partial charge in [0.2, 0.25) is 5.88 Å². The first-order valence-corrected chi connectivity index (χ1v) is 9.33. The van der Waals surface area contributed by atoms with Gasteiger partial charge in [-0.25, -0.2) is 4.98 Å². The van der Waals surface area contributed by atoms with Crippen LogP contribution < -0.4 is 4.74 Å². The number of ether oxygens (including phenoxy) is 1. The van der Waals surface area contributed by atoms with Gasteiger partial charge in [-0.3, -0.25) is 4.79 Å². The number of carbonyl (C=O) groups is 1. The average Bonchev–Trinajstić information content (AvgIpc) is 2.65. The Balaban J connectivity index is 2.23. The highest BCUT2D eigenvalue weighted by Crippen LogP contribution is 2.42. The molecule has 0 unspecified atom stereocenters. The van der Waals surface area contributed by atoms with Crippen molar-refractivity contribution in [3.63, 3.8) is 0 Å². The molecule has 3 rings (SSSR count). The van der Waals surface area contributed by atoms with Gasteiger partial charge in [-0.2, -0.15) is 0 Å². The van der Waals surface area contributed by atoms with E-state index in [1.807, 2.05) is 18.2 Å². The first-order chi connectivity index (χ1) is 12.5. The number of aldehydes is 1. The molecule has 7 heteroatoms. The van der Waals surface area contributed by atoms with Crippen molar-refractivity contribution in [1.29, 1.82) is 0 Å². The minimum absolute atomic E-state index is 0.218.